The minimum atomic E-state index is -0.560. The van der Waals surface area contributed by atoms with Crippen molar-refractivity contribution in [2.75, 3.05) is 72.7 Å². The highest BCUT2D eigenvalue weighted by atomic mass is 16.8. The number of cyclic esters (lactones) is 14. The summed E-state index contributed by atoms with van der Waals surface area (Å²) >= 11 is 0. The molecule has 0 N–H and O–H groups in total. The van der Waals surface area contributed by atoms with Gasteiger partial charge in [0.25, 0.3) is 0 Å². The van der Waals surface area contributed by atoms with Gasteiger partial charge in [-0.3, -0.25) is 0 Å². The molecular formula is C63H112O27. The van der Waals surface area contributed by atoms with Crippen molar-refractivity contribution >= 4 is 55.4 Å². The van der Waals surface area contributed by atoms with Gasteiger partial charge < -0.3 is 85.3 Å². The number of carbonyl (C=O) groups is 9. The summed E-state index contributed by atoms with van der Waals surface area (Å²) in [5.41, 5.74) is -0.406. The topological polar surface area (TPSA) is 320 Å². The van der Waals surface area contributed by atoms with Crippen molar-refractivity contribution in [3.05, 3.63) is 0 Å². The van der Waals surface area contributed by atoms with E-state index in [2.05, 4.69) is 108 Å². The second-order valence-electron chi connectivity index (χ2n) is 21.1. The third-order valence-corrected chi connectivity index (χ3v) is 12.6. The first-order valence-electron chi connectivity index (χ1n) is 32.7. The van der Waals surface area contributed by atoms with Gasteiger partial charge in [-0.25, -0.2) is 43.2 Å². The molecule has 27 nitrogen and oxygen atoms in total. The zero-order chi connectivity index (χ0) is 68.3. The van der Waals surface area contributed by atoms with E-state index in [0.717, 1.165) is 44.9 Å². The van der Waals surface area contributed by atoms with E-state index in [1.165, 1.54) is 57.8 Å². The molecule has 0 spiro atoms. The Labute approximate surface area is 534 Å². The summed E-state index contributed by atoms with van der Waals surface area (Å²) in [6.07, 6.45) is 13.0. The molecule has 10 unspecified atom stereocenters. The molecule has 13 aliphatic rings. The van der Waals surface area contributed by atoms with Gasteiger partial charge in [0.15, 0.2) is 0 Å². The quantitative estimate of drug-likeness (QED) is 0.174. The van der Waals surface area contributed by atoms with Crippen LogP contribution in [0.15, 0.2) is 0 Å². The van der Waals surface area contributed by atoms with E-state index in [9.17, 15) is 43.2 Å². The highest BCUT2D eigenvalue weighted by Gasteiger charge is 2.57. The maximum atomic E-state index is 10.7. The Morgan fingerprint density at radius 3 is 0.778 bits per heavy atom. The molecule has 13 fully saturated rings. The molecular weight excluding hydrogens is 1190 g/mol. The molecule has 0 aromatic heterocycles. The fourth-order valence-electron chi connectivity index (χ4n) is 8.96. The molecule has 0 radical (unpaired) electrons. The highest BCUT2D eigenvalue weighted by molar-refractivity contribution is 5.64. The van der Waals surface area contributed by atoms with E-state index in [1.807, 2.05) is 48.5 Å². The van der Waals surface area contributed by atoms with Gasteiger partial charge in [-0.15, -0.1) is 0 Å². The summed E-state index contributed by atoms with van der Waals surface area (Å²) in [4.78, 5) is 92.4. The van der Waals surface area contributed by atoms with Crippen LogP contribution in [0.25, 0.3) is 0 Å². The Morgan fingerprint density at radius 1 is 0.333 bits per heavy atom. The Kier molecular flexibility index (Phi) is 50.5. The lowest BCUT2D eigenvalue weighted by Gasteiger charge is -2.19. The van der Waals surface area contributed by atoms with Crippen LogP contribution in [0, 0.1) is 23.7 Å². The smallest absolute Gasteiger partial charge is 0.434 e. The lowest BCUT2D eigenvalue weighted by atomic mass is 9.95. The van der Waals surface area contributed by atoms with E-state index in [1.54, 1.807) is 20.8 Å². The minimum Gasteiger partial charge on any atom is -0.434 e. The van der Waals surface area contributed by atoms with Crippen LogP contribution in [0.3, 0.4) is 0 Å². The third kappa shape index (κ3) is 38.9. The minimum absolute atomic E-state index is 0.00231. The second-order valence-corrected chi connectivity index (χ2v) is 21.1. The van der Waals surface area contributed by atoms with Gasteiger partial charge in [0.1, 0.15) is 62.0 Å². The molecule has 9 saturated heterocycles. The summed E-state index contributed by atoms with van der Waals surface area (Å²) in [6, 6.07) is 0. The van der Waals surface area contributed by atoms with Crippen LogP contribution in [0.5, 0.6) is 0 Å². The summed E-state index contributed by atoms with van der Waals surface area (Å²) in [5, 5.41) is 0. The molecule has 4 bridgehead atoms. The van der Waals surface area contributed by atoms with Crippen LogP contribution in [0.4, 0.5) is 43.2 Å². The first-order valence-corrected chi connectivity index (χ1v) is 32.7. The van der Waals surface area contributed by atoms with Gasteiger partial charge in [0.2, 0.25) is 0 Å². The number of carbonyl (C=O) groups excluding carboxylic acids is 9. The standard InChI is InChI=1S/2C8H10O3.4C5H8O3.3C4H6O3.3C3H8.3C2H6/c2*9-8-10-6-4-1-2-5(3-4)7(6)11-8;1-5(2)3-7-4(6)8-5;1-2-4-3-7-5(6)8-4;2*6-5-7-3-1-2-4-8-5;1-3-2-6-4(5)7-3;2*5-4-6-2-1-3-7-4;3*1-3-2;3*1-2/h2*4-7H,1-3H2;3H2,1-2H3;4H,2-3H2,1H3;2*1-4H2;3H,2H2,1H3;2*1-3H2;3*3H2,1-2H3;3*1-2H3. The fourth-order valence-corrected chi connectivity index (χ4v) is 8.96. The zero-order valence-corrected chi connectivity index (χ0v) is 56.9. The average Bonchev–Trinajstić information content (AvgIpc) is 1.77. The monoisotopic (exact) mass is 1300 g/mol. The first-order chi connectivity index (χ1) is 43.2. The maximum absolute atomic E-state index is 10.7. The molecule has 0 aromatic carbocycles. The van der Waals surface area contributed by atoms with Crippen LogP contribution in [-0.4, -0.2) is 170 Å². The molecule has 526 valence electrons. The predicted octanol–water partition coefficient (Wildman–Crippen LogP) is 15.3. The molecule has 10 atom stereocenters. The maximum Gasteiger partial charge on any atom is 0.509 e. The second kappa shape index (κ2) is 53.1. The Balaban J connectivity index is 0. The molecule has 4 saturated carbocycles. The molecule has 9 heterocycles. The van der Waals surface area contributed by atoms with Gasteiger partial charge in [0.05, 0.1) is 52.9 Å². The number of hydrogen-bond acceptors (Lipinski definition) is 27. The number of rotatable bonds is 1. The highest BCUT2D eigenvalue weighted by Crippen LogP contribution is 2.51. The van der Waals surface area contributed by atoms with Crippen LogP contribution in [0.1, 0.15) is 214 Å². The normalized spacial score (nSPS) is 27.3. The third-order valence-electron chi connectivity index (χ3n) is 12.6. The van der Waals surface area contributed by atoms with Gasteiger partial charge in [0, 0.05) is 36.5 Å². The van der Waals surface area contributed by atoms with Crippen LogP contribution >= 0.6 is 0 Å². The molecule has 27 heteroatoms. The van der Waals surface area contributed by atoms with Crippen molar-refractivity contribution in [1.29, 1.82) is 0 Å². The number of fused-ring (bicyclic) bond motifs is 10. The Morgan fingerprint density at radius 2 is 0.611 bits per heavy atom. The zero-order valence-electron chi connectivity index (χ0n) is 56.9. The van der Waals surface area contributed by atoms with Crippen LogP contribution in [-0.2, 0) is 85.3 Å². The van der Waals surface area contributed by atoms with E-state index < -0.39 is 61.0 Å². The number of hydrogen-bond donors (Lipinski definition) is 0. The van der Waals surface area contributed by atoms with Gasteiger partial charge in [-0.2, -0.15) is 0 Å². The lowest BCUT2D eigenvalue weighted by Crippen LogP contribution is -2.28. The molecule has 13 rings (SSSR count). The molecule has 0 aromatic rings. The van der Waals surface area contributed by atoms with Crippen molar-refractivity contribution in [2.24, 2.45) is 23.7 Å². The summed E-state index contributed by atoms with van der Waals surface area (Å²) in [7, 11) is 0. The fraction of sp³-hybridized carbons (Fsp3) is 0.857. The summed E-state index contributed by atoms with van der Waals surface area (Å²) < 4.78 is 83.3. The van der Waals surface area contributed by atoms with E-state index in [-0.39, 0.29) is 36.6 Å². The van der Waals surface area contributed by atoms with Gasteiger partial charge >= 0.3 is 55.4 Å². The van der Waals surface area contributed by atoms with Gasteiger partial charge in [-0.05, 0) is 91.4 Å². The van der Waals surface area contributed by atoms with E-state index in [0.29, 0.717) is 96.3 Å². The molecule has 9 aliphatic heterocycles. The van der Waals surface area contributed by atoms with Crippen molar-refractivity contribution in [2.45, 2.75) is 256 Å². The largest absolute Gasteiger partial charge is 0.509 e. The average molecular weight is 1300 g/mol. The van der Waals surface area contributed by atoms with Crippen LogP contribution in [0.2, 0.25) is 0 Å². The van der Waals surface area contributed by atoms with Crippen molar-refractivity contribution in [3.63, 3.8) is 0 Å². The Hall–Kier alpha value is -6.57. The van der Waals surface area contributed by atoms with Crippen molar-refractivity contribution < 1.29 is 128 Å². The Bertz CT molecular complexity index is 1760. The van der Waals surface area contributed by atoms with E-state index in [4.69, 9.17) is 18.9 Å². The van der Waals surface area contributed by atoms with Crippen LogP contribution < -0.4 is 0 Å². The SMILES string of the molecule is CC.CC.CC.CC1(C)COC(=O)O1.CC1COC(=O)O1.CCC.CCC.CCC.CCC1COC(=O)O1.O=C1OC2C3CCC(C3)C2O1.O=C1OC2C3CCC(C3)C2O1.O=C1OCCCCO1.O=C1OCCCCO1.O=C1OCCCO1.O=C1OCCCO1. The van der Waals surface area contributed by atoms with Crippen molar-refractivity contribution in [1.82, 2.24) is 0 Å². The summed E-state index contributed by atoms with van der Waals surface area (Å²) in [6.45, 7) is 37.4. The molecule has 4 aliphatic carbocycles. The predicted molar refractivity (Wildman–Crippen MR) is 326 cm³/mol. The first kappa shape index (κ1) is 85.5. The van der Waals surface area contributed by atoms with Crippen molar-refractivity contribution in [3.8, 4) is 0 Å². The molecule has 90 heavy (non-hydrogen) atoms. The molecule has 0 amide bonds. The number of ether oxygens (including phenoxy) is 18. The van der Waals surface area contributed by atoms with E-state index >= 15 is 0 Å². The lowest BCUT2D eigenvalue weighted by molar-refractivity contribution is 0.0184. The van der Waals surface area contributed by atoms with Gasteiger partial charge in [-0.1, -0.05) is 109 Å². The summed E-state index contributed by atoms with van der Waals surface area (Å²) in [5.74, 6) is 2.43.